The normalized spacial score (nSPS) is 24.4. The van der Waals surface area contributed by atoms with E-state index in [1.807, 2.05) is 0 Å². The van der Waals surface area contributed by atoms with Gasteiger partial charge in [0.25, 0.3) is 0 Å². The molecule has 2 aliphatic heterocycles. The Labute approximate surface area is 182 Å². The van der Waals surface area contributed by atoms with Crippen molar-refractivity contribution in [2.75, 3.05) is 35.6 Å². The maximum atomic E-state index is 14.9. The van der Waals surface area contributed by atoms with Crippen LogP contribution in [0.1, 0.15) is 19.3 Å². The molecule has 166 valence electrons. The zero-order chi connectivity index (χ0) is 22.1. The van der Waals surface area contributed by atoms with Crippen LogP contribution in [0, 0.1) is 11.6 Å². The number of nitrogen functional groups attached to an aromatic ring is 1. The first-order chi connectivity index (χ1) is 14.8. The molecule has 11 heteroatoms. The molecule has 0 spiro atoms. The van der Waals surface area contributed by atoms with E-state index in [0.29, 0.717) is 25.1 Å². The molecular weight excluding hydrogens is 433 g/mol. The number of nitrogens with one attached hydrogen (secondary N) is 1. The number of nitrogens with zero attached hydrogens (tertiary/aromatic N) is 4. The third-order valence-electron chi connectivity index (χ3n) is 5.67. The highest BCUT2D eigenvalue weighted by Crippen LogP contribution is 2.29. The topological polar surface area (TPSA) is 87.4 Å². The summed E-state index contributed by atoms with van der Waals surface area (Å²) >= 11 is 5.89. The highest BCUT2D eigenvalue weighted by molar-refractivity contribution is 6.30. The number of anilines is 3. The lowest BCUT2D eigenvalue weighted by atomic mass is 9.96. The van der Waals surface area contributed by atoms with Gasteiger partial charge in [-0.2, -0.15) is 4.39 Å². The Morgan fingerprint density at radius 3 is 2.74 bits per heavy atom. The van der Waals surface area contributed by atoms with E-state index in [1.165, 1.54) is 23.1 Å². The van der Waals surface area contributed by atoms with Crippen LogP contribution < -0.4 is 16.0 Å². The molecule has 1 amide bonds. The quantitative estimate of drug-likeness (QED) is 0.738. The fourth-order valence-corrected chi connectivity index (χ4v) is 4.41. The summed E-state index contributed by atoms with van der Waals surface area (Å²) in [7, 11) is 0. The van der Waals surface area contributed by atoms with Crippen molar-refractivity contribution in [1.82, 2.24) is 14.9 Å². The third-order valence-corrected chi connectivity index (χ3v) is 5.89. The number of carbonyl (C=O) groups is 1. The number of carbonyl (C=O) groups excluding carboxylic acids is 1. The van der Waals surface area contributed by atoms with Gasteiger partial charge in [0, 0.05) is 30.3 Å². The monoisotopic (exact) mass is 454 g/mol. The van der Waals surface area contributed by atoms with E-state index in [2.05, 4.69) is 15.3 Å². The number of rotatable bonds is 4. The van der Waals surface area contributed by atoms with Crippen molar-refractivity contribution in [1.29, 1.82) is 0 Å². The Balaban J connectivity index is 1.51. The fourth-order valence-electron chi connectivity index (χ4n) is 4.18. The molecule has 31 heavy (non-hydrogen) atoms. The minimum absolute atomic E-state index is 0.00191. The lowest BCUT2D eigenvalue weighted by molar-refractivity contribution is -0.138. The van der Waals surface area contributed by atoms with Gasteiger partial charge >= 0.3 is 0 Å². The maximum absolute atomic E-state index is 14.9. The van der Waals surface area contributed by atoms with Crippen LogP contribution in [-0.2, 0) is 4.79 Å². The van der Waals surface area contributed by atoms with Gasteiger partial charge in [-0.05, 0) is 37.5 Å². The molecule has 3 heterocycles. The Hall–Kier alpha value is -2.75. The molecular formula is C20H22ClF3N6O. The number of alkyl halides is 1. The minimum atomic E-state index is -1.26. The maximum Gasteiger partial charge on any atom is 0.245 e. The molecule has 1 aromatic heterocycles. The average Bonchev–Trinajstić information content (AvgIpc) is 2.72. The summed E-state index contributed by atoms with van der Waals surface area (Å²) in [5.74, 6) is -1.85. The van der Waals surface area contributed by atoms with Crippen molar-refractivity contribution in [2.45, 2.75) is 37.5 Å². The summed E-state index contributed by atoms with van der Waals surface area (Å²) in [5.41, 5.74) is 5.91. The lowest BCUT2D eigenvalue weighted by Gasteiger charge is -2.44. The number of hydrogen-bond donors (Lipinski definition) is 2. The van der Waals surface area contributed by atoms with Crippen molar-refractivity contribution in [2.24, 2.45) is 0 Å². The summed E-state index contributed by atoms with van der Waals surface area (Å²) in [6.45, 7) is 0.712. The van der Waals surface area contributed by atoms with Crippen molar-refractivity contribution in [3.63, 3.8) is 0 Å². The number of nitrogens with two attached hydrogens (primary N) is 1. The van der Waals surface area contributed by atoms with Crippen molar-refractivity contribution >= 4 is 34.8 Å². The molecule has 7 nitrogen and oxygen atoms in total. The average molecular weight is 455 g/mol. The second kappa shape index (κ2) is 8.78. The molecule has 2 aliphatic rings. The van der Waals surface area contributed by atoms with Crippen LogP contribution >= 0.6 is 11.6 Å². The number of likely N-dealkylation sites (tertiary alicyclic amines) is 1. The van der Waals surface area contributed by atoms with Gasteiger partial charge in [-0.15, -0.1) is 0 Å². The molecule has 2 fully saturated rings. The number of amides is 1. The highest BCUT2D eigenvalue weighted by Gasteiger charge is 2.41. The number of halogens is 4. The zero-order valence-electron chi connectivity index (χ0n) is 16.6. The Morgan fingerprint density at radius 1 is 1.16 bits per heavy atom. The van der Waals surface area contributed by atoms with Gasteiger partial charge in [0.05, 0.1) is 6.04 Å². The van der Waals surface area contributed by atoms with Crippen LogP contribution in [-0.4, -0.2) is 58.7 Å². The standard InChI is InChI=1S/C20H22ClF3N6O/c21-11-6-12(22)8-13(7-11)28-15-2-1-4-30(20(15)31)16-9-29(5-3-14(16)23)19-17(24)18(25)26-10-27-19/h6-8,10,14-16,28H,1-5,9H2,(H2,25,26,27)/t14-,15-,16+/m0/s1. The first-order valence-electron chi connectivity index (χ1n) is 10.0. The summed E-state index contributed by atoms with van der Waals surface area (Å²) in [6, 6.07) is 2.55. The second-order valence-electron chi connectivity index (χ2n) is 7.74. The molecule has 2 saturated heterocycles. The van der Waals surface area contributed by atoms with Gasteiger partial charge in [-0.1, -0.05) is 11.6 Å². The zero-order valence-corrected chi connectivity index (χ0v) is 17.3. The van der Waals surface area contributed by atoms with Gasteiger partial charge in [0.15, 0.2) is 11.6 Å². The van der Waals surface area contributed by atoms with Crippen LogP contribution in [0.5, 0.6) is 0 Å². The molecule has 0 unspecified atom stereocenters. The molecule has 0 aliphatic carbocycles. The molecule has 0 saturated carbocycles. The summed E-state index contributed by atoms with van der Waals surface area (Å²) in [6.07, 6.45) is 1.18. The van der Waals surface area contributed by atoms with E-state index in [0.717, 1.165) is 6.33 Å². The predicted molar refractivity (Wildman–Crippen MR) is 112 cm³/mol. The second-order valence-corrected chi connectivity index (χ2v) is 8.18. The van der Waals surface area contributed by atoms with Crippen LogP contribution in [0.3, 0.4) is 0 Å². The van der Waals surface area contributed by atoms with Gasteiger partial charge in [0.2, 0.25) is 11.7 Å². The first kappa shape index (κ1) is 21.5. The predicted octanol–water partition coefficient (Wildman–Crippen LogP) is 3.01. The lowest BCUT2D eigenvalue weighted by Crippen LogP contribution is -2.60. The minimum Gasteiger partial charge on any atom is -0.381 e. The smallest absolute Gasteiger partial charge is 0.245 e. The third kappa shape index (κ3) is 4.48. The Morgan fingerprint density at radius 2 is 1.97 bits per heavy atom. The first-order valence-corrected chi connectivity index (χ1v) is 10.4. The van der Waals surface area contributed by atoms with Gasteiger partial charge < -0.3 is 20.9 Å². The van der Waals surface area contributed by atoms with Crippen LogP contribution in [0.2, 0.25) is 5.02 Å². The van der Waals surface area contributed by atoms with Crippen LogP contribution in [0.4, 0.5) is 30.5 Å². The molecule has 1 aromatic carbocycles. The van der Waals surface area contributed by atoms with Gasteiger partial charge in [0.1, 0.15) is 24.4 Å². The van der Waals surface area contributed by atoms with Crippen molar-refractivity contribution in [3.05, 3.63) is 41.2 Å². The van der Waals surface area contributed by atoms with E-state index in [4.69, 9.17) is 17.3 Å². The molecule has 0 radical (unpaired) electrons. The molecule has 2 aromatic rings. The molecule has 3 N–H and O–H groups in total. The van der Waals surface area contributed by atoms with E-state index >= 15 is 0 Å². The fraction of sp³-hybridized carbons (Fsp3) is 0.450. The van der Waals surface area contributed by atoms with E-state index in [-0.39, 0.29) is 42.1 Å². The van der Waals surface area contributed by atoms with Crippen LogP contribution in [0.15, 0.2) is 24.5 Å². The number of aromatic nitrogens is 2. The van der Waals surface area contributed by atoms with Gasteiger partial charge in [-0.3, -0.25) is 4.79 Å². The highest BCUT2D eigenvalue weighted by atomic mass is 35.5. The van der Waals surface area contributed by atoms with E-state index in [1.54, 1.807) is 4.90 Å². The molecule has 0 bridgehead atoms. The van der Waals surface area contributed by atoms with Gasteiger partial charge in [-0.25, -0.2) is 18.7 Å². The van der Waals surface area contributed by atoms with Crippen molar-refractivity contribution < 1.29 is 18.0 Å². The number of hydrogen-bond acceptors (Lipinski definition) is 6. The molecule has 3 atom stereocenters. The van der Waals surface area contributed by atoms with E-state index in [9.17, 15) is 18.0 Å². The SMILES string of the molecule is Nc1ncnc(N2CC[C@H](F)[C@H](N3CCC[C@H](Nc4cc(F)cc(Cl)c4)C3=O)C2)c1F. The number of piperidine rings is 2. The summed E-state index contributed by atoms with van der Waals surface area (Å²) in [4.78, 5) is 23.8. The Kier molecular flexibility index (Phi) is 6.08. The number of benzene rings is 1. The summed E-state index contributed by atoms with van der Waals surface area (Å²) in [5, 5.41) is 3.22. The Bertz CT molecular complexity index is 960. The van der Waals surface area contributed by atoms with Crippen molar-refractivity contribution in [3.8, 4) is 0 Å². The van der Waals surface area contributed by atoms with E-state index < -0.39 is 29.9 Å². The largest absolute Gasteiger partial charge is 0.381 e. The van der Waals surface area contributed by atoms with Crippen LogP contribution in [0.25, 0.3) is 0 Å². The summed E-state index contributed by atoms with van der Waals surface area (Å²) < 4.78 is 42.9. The molecule has 4 rings (SSSR count).